The fourth-order valence-corrected chi connectivity index (χ4v) is 3.08. The molecule has 0 spiro atoms. The lowest BCUT2D eigenvalue weighted by molar-refractivity contribution is -0.134. The van der Waals surface area contributed by atoms with Crippen LogP contribution in [0.4, 0.5) is 0 Å². The average molecular weight is 347 g/mol. The van der Waals surface area contributed by atoms with Gasteiger partial charge in [0.15, 0.2) is 0 Å². The van der Waals surface area contributed by atoms with Crippen molar-refractivity contribution in [1.82, 2.24) is 0 Å². The Labute approximate surface area is 155 Å². The van der Waals surface area contributed by atoms with Crippen LogP contribution in [-0.2, 0) is 4.79 Å². The second kappa shape index (κ2) is 15.0. The molecule has 1 aromatic carbocycles. The topological polar surface area (TPSA) is 26.3 Å². The molecule has 0 aliphatic carbocycles. The zero-order valence-electron chi connectivity index (χ0n) is 16.5. The quantitative estimate of drug-likeness (QED) is 0.188. The second-order valence-electron chi connectivity index (χ2n) is 7.28. The second-order valence-corrected chi connectivity index (χ2v) is 7.28. The summed E-state index contributed by atoms with van der Waals surface area (Å²) in [6, 6.07) is 7.65. The molecule has 0 aliphatic heterocycles. The van der Waals surface area contributed by atoms with Gasteiger partial charge in [0.25, 0.3) is 0 Å². The Bertz CT molecular complexity index is 436. The molecule has 0 atom stereocenters. The molecule has 0 amide bonds. The summed E-state index contributed by atoms with van der Waals surface area (Å²) in [7, 11) is 0. The van der Waals surface area contributed by atoms with Crippen LogP contribution < -0.4 is 4.74 Å². The van der Waals surface area contributed by atoms with Gasteiger partial charge in [0.1, 0.15) is 5.75 Å². The fraction of sp³-hybridized carbons (Fsp3) is 0.696. The van der Waals surface area contributed by atoms with E-state index in [9.17, 15) is 4.79 Å². The summed E-state index contributed by atoms with van der Waals surface area (Å²) in [6.07, 6.45) is 17.7. The van der Waals surface area contributed by atoms with Crippen molar-refractivity contribution in [3.63, 3.8) is 0 Å². The van der Waals surface area contributed by atoms with Gasteiger partial charge in [-0.25, -0.2) is 0 Å². The van der Waals surface area contributed by atoms with E-state index in [1.165, 1.54) is 76.2 Å². The highest BCUT2D eigenvalue weighted by Crippen LogP contribution is 2.15. The molecule has 0 fully saturated rings. The van der Waals surface area contributed by atoms with E-state index < -0.39 is 0 Å². The fourth-order valence-electron chi connectivity index (χ4n) is 3.08. The van der Waals surface area contributed by atoms with Crippen molar-refractivity contribution in [1.29, 1.82) is 0 Å². The predicted octanol–water partition coefficient (Wildman–Crippen LogP) is 7.38. The molecular formula is C23H38O2. The van der Waals surface area contributed by atoms with Crippen LogP contribution in [0.25, 0.3) is 0 Å². The van der Waals surface area contributed by atoms with Gasteiger partial charge in [-0.05, 0) is 25.5 Å². The first-order valence-corrected chi connectivity index (χ1v) is 10.5. The van der Waals surface area contributed by atoms with Gasteiger partial charge in [0.05, 0.1) is 0 Å². The van der Waals surface area contributed by atoms with Gasteiger partial charge in [0, 0.05) is 6.42 Å². The molecule has 2 heteroatoms. The normalized spacial score (nSPS) is 10.8. The first-order chi connectivity index (χ1) is 12.2. The maximum absolute atomic E-state index is 11.8. The maximum atomic E-state index is 11.8. The van der Waals surface area contributed by atoms with Gasteiger partial charge < -0.3 is 4.74 Å². The molecule has 0 saturated heterocycles. The number of unbranched alkanes of at least 4 members (excludes halogenated alkanes) is 12. The largest absolute Gasteiger partial charge is 0.427 e. The molecule has 1 aromatic rings. The van der Waals surface area contributed by atoms with Crippen LogP contribution in [-0.4, -0.2) is 5.97 Å². The highest BCUT2D eigenvalue weighted by Gasteiger charge is 2.04. The van der Waals surface area contributed by atoms with E-state index in [2.05, 4.69) is 6.92 Å². The van der Waals surface area contributed by atoms with E-state index in [1.807, 2.05) is 31.2 Å². The minimum atomic E-state index is -0.105. The molecule has 0 radical (unpaired) electrons. The maximum Gasteiger partial charge on any atom is 0.311 e. The molecule has 0 aliphatic rings. The summed E-state index contributed by atoms with van der Waals surface area (Å²) in [4.78, 5) is 11.8. The highest BCUT2D eigenvalue weighted by atomic mass is 16.5. The van der Waals surface area contributed by atoms with Gasteiger partial charge in [-0.1, -0.05) is 102 Å². The molecule has 0 unspecified atom stereocenters. The van der Waals surface area contributed by atoms with Crippen LogP contribution in [0.5, 0.6) is 5.75 Å². The summed E-state index contributed by atoms with van der Waals surface area (Å²) in [5.74, 6) is 0.553. The molecule has 0 bridgehead atoms. The van der Waals surface area contributed by atoms with Crippen molar-refractivity contribution in [3.05, 3.63) is 29.8 Å². The average Bonchev–Trinajstić information content (AvgIpc) is 2.61. The molecule has 2 nitrogen and oxygen atoms in total. The number of hydrogen-bond acceptors (Lipinski definition) is 2. The molecular weight excluding hydrogens is 308 g/mol. The molecule has 0 heterocycles. The molecule has 1 rings (SSSR count). The van der Waals surface area contributed by atoms with Crippen molar-refractivity contribution in [3.8, 4) is 5.75 Å². The Balaban J connectivity index is 1.85. The first-order valence-electron chi connectivity index (χ1n) is 10.5. The molecule has 0 saturated carbocycles. The standard InChI is InChI=1S/C23H38O2/c1-3-4-5-6-7-8-9-10-11-12-13-14-15-16-23(24)25-22-19-17-21(2)18-20-22/h17-20H,3-16H2,1-2H3. The van der Waals surface area contributed by atoms with Crippen molar-refractivity contribution < 1.29 is 9.53 Å². The number of rotatable bonds is 15. The molecule has 0 aromatic heterocycles. The van der Waals surface area contributed by atoms with Gasteiger partial charge in [-0.3, -0.25) is 4.79 Å². The van der Waals surface area contributed by atoms with E-state index in [-0.39, 0.29) is 5.97 Å². The molecule has 25 heavy (non-hydrogen) atoms. The Hall–Kier alpha value is -1.31. The van der Waals surface area contributed by atoms with Crippen molar-refractivity contribution in [2.45, 2.75) is 104 Å². The van der Waals surface area contributed by atoms with Crippen LogP contribution in [0.15, 0.2) is 24.3 Å². The van der Waals surface area contributed by atoms with Gasteiger partial charge in [-0.15, -0.1) is 0 Å². The summed E-state index contributed by atoms with van der Waals surface area (Å²) < 4.78 is 5.34. The summed E-state index contributed by atoms with van der Waals surface area (Å²) in [6.45, 7) is 4.30. The van der Waals surface area contributed by atoms with Crippen LogP contribution >= 0.6 is 0 Å². The molecule has 142 valence electrons. The van der Waals surface area contributed by atoms with E-state index >= 15 is 0 Å². The minimum Gasteiger partial charge on any atom is -0.427 e. The number of ether oxygens (including phenoxy) is 1. The first kappa shape index (κ1) is 21.7. The Morgan fingerprint density at radius 1 is 0.720 bits per heavy atom. The summed E-state index contributed by atoms with van der Waals surface area (Å²) >= 11 is 0. The Kier molecular flexibility index (Phi) is 13.0. The number of esters is 1. The van der Waals surface area contributed by atoms with Crippen molar-refractivity contribution in [2.75, 3.05) is 0 Å². The number of carbonyl (C=O) groups is 1. The van der Waals surface area contributed by atoms with Crippen molar-refractivity contribution in [2.24, 2.45) is 0 Å². The van der Waals surface area contributed by atoms with Crippen LogP contribution in [0.1, 0.15) is 102 Å². The predicted molar refractivity (Wildman–Crippen MR) is 107 cm³/mol. The monoisotopic (exact) mass is 346 g/mol. The zero-order valence-corrected chi connectivity index (χ0v) is 16.5. The zero-order chi connectivity index (χ0) is 18.2. The van der Waals surface area contributed by atoms with Crippen LogP contribution in [0.2, 0.25) is 0 Å². The third kappa shape index (κ3) is 12.7. The lowest BCUT2D eigenvalue weighted by atomic mass is 10.0. The van der Waals surface area contributed by atoms with Crippen LogP contribution in [0.3, 0.4) is 0 Å². The van der Waals surface area contributed by atoms with Gasteiger partial charge in [-0.2, -0.15) is 0 Å². The SMILES string of the molecule is CCCCCCCCCCCCCCCC(=O)Oc1ccc(C)cc1. The smallest absolute Gasteiger partial charge is 0.311 e. The lowest BCUT2D eigenvalue weighted by Gasteiger charge is -2.05. The van der Waals surface area contributed by atoms with Gasteiger partial charge in [0.2, 0.25) is 0 Å². The Morgan fingerprint density at radius 3 is 1.64 bits per heavy atom. The number of carbonyl (C=O) groups excluding carboxylic acids is 1. The number of benzene rings is 1. The number of hydrogen-bond donors (Lipinski definition) is 0. The third-order valence-electron chi connectivity index (χ3n) is 4.74. The lowest BCUT2D eigenvalue weighted by Crippen LogP contribution is -2.07. The van der Waals surface area contributed by atoms with E-state index in [0.29, 0.717) is 12.2 Å². The number of aryl methyl sites for hydroxylation is 1. The van der Waals surface area contributed by atoms with E-state index in [4.69, 9.17) is 4.74 Å². The third-order valence-corrected chi connectivity index (χ3v) is 4.74. The Morgan fingerprint density at radius 2 is 1.16 bits per heavy atom. The van der Waals surface area contributed by atoms with E-state index in [0.717, 1.165) is 12.8 Å². The summed E-state index contributed by atoms with van der Waals surface area (Å²) in [5, 5.41) is 0. The van der Waals surface area contributed by atoms with Crippen molar-refractivity contribution >= 4 is 5.97 Å². The molecule has 0 N–H and O–H groups in total. The minimum absolute atomic E-state index is 0.105. The highest BCUT2D eigenvalue weighted by molar-refractivity contribution is 5.72. The van der Waals surface area contributed by atoms with Gasteiger partial charge >= 0.3 is 5.97 Å². The van der Waals surface area contributed by atoms with E-state index in [1.54, 1.807) is 0 Å². The van der Waals surface area contributed by atoms with Crippen LogP contribution in [0, 0.1) is 6.92 Å². The summed E-state index contributed by atoms with van der Waals surface area (Å²) in [5.41, 5.74) is 1.18.